The van der Waals surface area contributed by atoms with Crippen molar-refractivity contribution in [2.45, 2.75) is 24.8 Å². The Hall–Kier alpha value is -2.65. The standard InChI is InChI=1S/C16H19N5O3S/c1-11-4-3-5-15-19-12(9-21(11)15)8-18-16(22)7-13-6-14(10-20(13)2)25(17,23)24/h3-6,9-10H,7-8H2,1-2H3,(H,18,22)(H2,17,23,24). The van der Waals surface area contributed by atoms with E-state index < -0.39 is 10.0 Å². The lowest BCUT2D eigenvalue weighted by molar-refractivity contribution is -0.120. The van der Waals surface area contributed by atoms with Gasteiger partial charge < -0.3 is 14.3 Å². The Morgan fingerprint density at radius 2 is 2.08 bits per heavy atom. The van der Waals surface area contributed by atoms with E-state index in [1.165, 1.54) is 12.3 Å². The van der Waals surface area contributed by atoms with Crippen molar-refractivity contribution in [1.82, 2.24) is 19.3 Å². The predicted octanol–water partition coefficient (Wildman–Crippen LogP) is 0.488. The van der Waals surface area contributed by atoms with Gasteiger partial charge in [0.2, 0.25) is 15.9 Å². The van der Waals surface area contributed by atoms with E-state index in [4.69, 9.17) is 5.14 Å². The molecular weight excluding hydrogens is 342 g/mol. The summed E-state index contributed by atoms with van der Waals surface area (Å²) in [4.78, 5) is 16.6. The van der Waals surface area contributed by atoms with E-state index in [-0.39, 0.29) is 17.2 Å². The first-order valence-electron chi connectivity index (χ1n) is 7.62. The number of carbonyl (C=O) groups excluding carboxylic acids is 1. The molecule has 0 aliphatic carbocycles. The Bertz CT molecular complexity index is 1050. The molecule has 1 amide bonds. The van der Waals surface area contributed by atoms with Crippen LogP contribution in [-0.2, 0) is 34.8 Å². The highest BCUT2D eigenvalue weighted by Crippen LogP contribution is 2.12. The molecule has 0 bridgehead atoms. The van der Waals surface area contributed by atoms with Crippen LogP contribution in [0.1, 0.15) is 17.1 Å². The highest BCUT2D eigenvalue weighted by molar-refractivity contribution is 7.89. The summed E-state index contributed by atoms with van der Waals surface area (Å²) < 4.78 is 26.3. The summed E-state index contributed by atoms with van der Waals surface area (Å²) in [5.74, 6) is -0.226. The third-order valence-electron chi connectivity index (χ3n) is 3.97. The maximum absolute atomic E-state index is 12.1. The summed E-state index contributed by atoms with van der Waals surface area (Å²) in [5.41, 5.74) is 3.19. The molecule has 9 heteroatoms. The number of amides is 1. The fourth-order valence-electron chi connectivity index (χ4n) is 2.61. The van der Waals surface area contributed by atoms with Gasteiger partial charge >= 0.3 is 0 Å². The van der Waals surface area contributed by atoms with Crippen LogP contribution in [0.15, 0.2) is 41.6 Å². The van der Waals surface area contributed by atoms with Crippen LogP contribution < -0.4 is 10.5 Å². The monoisotopic (exact) mass is 361 g/mol. The average molecular weight is 361 g/mol. The molecule has 25 heavy (non-hydrogen) atoms. The maximum atomic E-state index is 12.1. The zero-order chi connectivity index (χ0) is 18.2. The maximum Gasteiger partial charge on any atom is 0.239 e. The van der Waals surface area contributed by atoms with Gasteiger partial charge in [-0.2, -0.15) is 0 Å². The lowest BCUT2D eigenvalue weighted by Crippen LogP contribution is -2.25. The third-order valence-corrected chi connectivity index (χ3v) is 4.85. The Kier molecular flexibility index (Phi) is 4.36. The highest BCUT2D eigenvalue weighted by atomic mass is 32.2. The number of hydrogen-bond acceptors (Lipinski definition) is 4. The average Bonchev–Trinajstić information content (AvgIpc) is 3.10. The number of nitrogens with two attached hydrogens (primary N) is 1. The molecule has 3 N–H and O–H groups in total. The molecule has 3 aromatic rings. The van der Waals surface area contributed by atoms with Gasteiger partial charge in [-0.25, -0.2) is 18.5 Å². The molecule has 3 heterocycles. The molecule has 3 aromatic heterocycles. The van der Waals surface area contributed by atoms with Crippen molar-refractivity contribution in [1.29, 1.82) is 0 Å². The Labute approximate surface area is 145 Å². The summed E-state index contributed by atoms with van der Waals surface area (Å²) in [6, 6.07) is 7.22. The van der Waals surface area contributed by atoms with Crippen LogP contribution in [0, 0.1) is 6.92 Å². The molecule has 0 aliphatic rings. The van der Waals surface area contributed by atoms with Crippen molar-refractivity contribution in [2.75, 3.05) is 0 Å². The van der Waals surface area contributed by atoms with Crippen LogP contribution in [0.2, 0.25) is 0 Å². The number of nitrogens with one attached hydrogen (secondary N) is 1. The largest absolute Gasteiger partial charge is 0.353 e. The SMILES string of the molecule is Cc1cccc2nc(CNC(=O)Cc3cc(S(N)(=O)=O)cn3C)cn12. The minimum atomic E-state index is -3.78. The van der Waals surface area contributed by atoms with Gasteiger partial charge in [0.25, 0.3) is 0 Å². The predicted molar refractivity (Wildman–Crippen MR) is 92.3 cm³/mol. The van der Waals surface area contributed by atoms with Crippen molar-refractivity contribution in [3.63, 3.8) is 0 Å². The van der Waals surface area contributed by atoms with E-state index in [9.17, 15) is 13.2 Å². The Morgan fingerprint density at radius 3 is 2.72 bits per heavy atom. The summed E-state index contributed by atoms with van der Waals surface area (Å²) in [7, 11) is -2.11. The molecule has 0 saturated heterocycles. The summed E-state index contributed by atoms with van der Waals surface area (Å²) in [6.07, 6.45) is 3.33. The molecule has 132 valence electrons. The van der Waals surface area contributed by atoms with Crippen LogP contribution in [0.5, 0.6) is 0 Å². The van der Waals surface area contributed by atoms with E-state index in [2.05, 4.69) is 10.3 Å². The van der Waals surface area contributed by atoms with Crippen molar-refractivity contribution < 1.29 is 13.2 Å². The van der Waals surface area contributed by atoms with Crippen LogP contribution in [0.4, 0.5) is 0 Å². The number of fused-ring (bicyclic) bond motifs is 1. The first-order valence-corrected chi connectivity index (χ1v) is 9.17. The number of rotatable bonds is 5. The molecule has 3 rings (SSSR count). The number of pyridine rings is 1. The number of carbonyl (C=O) groups is 1. The molecule has 0 radical (unpaired) electrons. The van der Waals surface area contributed by atoms with Crippen LogP contribution in [0.3, 0.4) is 0 Å². The fourth-order valence-corrected chi connectivity index (χ4v) is 3.21. The lowest BCUT2D eigenvalue weighted by atomic mass is 10.3. The molecular formula is C16H19N5O3S. The quantitative estimate of drug-likeness (QED) is 0.689. The van der Waals surface area contributed by atoms with Crippen LogP contribution in [-0.4, -0.2) is 28.3 Å². The minimum absolute atomic E-state index is 0.00590. The molecule has 0 aromatic carbocycles. The number of primary sulfonamides is 1. The number of hydrogen-bond donors (Lipinski definition) is 2. The van der Waals surface area contributed by atoms with Crippen LogP contribution >= 0.6 is 0 Å². The van der Waals surface area contributed by atoms with E-state index >= 15 is 0 Å². The van der Waals surface area contributed by atoms with Gasteiger partial charge in [0.1, 0.15) is 5.65 Å². The smallest absolute Gasteiger partial charge is 0.239 e. The van der Waals surface area contributed by atoms with E-state index in [1.807, 2.05) is 35.7 Å². The van der Waals surface area contributed by atoms with Gasteiger partial charge in [-0.15, -0.1) is 0 Å². The summed E-state index contributed by atoms with van der Waals surface area (Å²) in [5, 5.41) is 7.90. The second kappa shape index (κ2) is 6.34. The van der Waals surface area contributed by atoms with Gasteiger partial charge in [-0.1, -0.05) is 6.07 Å². The van der Waals surface area contributed by atoms with E-state index in [0.717, 1.165) is 17.0 Å². The molecule has 0 fully saturated rings. The van der Waals surface area contributed by atoms with Gasteiger partial charge in [0.05, 0.1) is 23.6 Å². The number of aromatic nitrogens is 3. The number of sulfonamides is 1. The molecule has 0 atom stereocenters. The number of nitrogens with zero attached hydrogens (tertiary/aromatic N) is 3. The topological polar surface area (TPSA) is 111 Å². The van der Waals surface area contributed by atoms with Crippen molar-refractivity contribution in [3.05, 3.63) is 53.7 Å². The highest BCUT2D eigenvalue weighted by Gasteiger charge is 2.15. The zero-order valence-corrected chi connectivity index (χ0v) is 14.7. The third kappa shape index (κ3) is 3.72. The molecule has 0 unspecified atom stereocenters. The van der Waals surface area contributed by atoms with Gasteiger partial charge in [0, 0.05) is 30.8 Å². The summed E-state index contributed by atoms with van der Waals surface area (Å²) >= 11 is 0. The van der Waals surface area contributed by atoms with Gasteiger partial charge in [-0.3, -0.25) is 4.79 Å². The first-order chi connectivity index (χ1) is 11.7. The number of aryl methyl sites for hydroxylation is 2. The lowest BCUT2D eigenvalue weighted by Gasteiger charge is -2.04. The molecule has 0 saturated carbocycles. The Balaban J connectivity index is 1.66. The van der Waals surface area contributed by atoms with Crippen molar-refractivity contribution in [3.8, 4) is 0 Å². The minimum Gasteiger partial charge on any atom is -0.353 e. The normalized spacial score (nSPS) is 11.8. The first kappa shape index (κ1) is 17.2. The molecule has 0 aliphatic heterocycles. The van der Waals surface area contributed by atoms with Gasteiger partial charge in [-0.05, 0) is 25.1 Å². The summed E-state index contributed by atoms with van der Waals surface area (Å²) in [6.45, 7) is 2.28. The van der Waals surface area contributed by atoms with Crippen molar-refractivity contribution >= 4 is 21.6 Å². The molecule has 0 spiro atoms. The molecule has 8 nitrogen and oxygen atoms in total. The van der Waals surface area contributed by atoms with Gasteiger partial charge in [0.15, 0.2) is 0 Å². The zero-order valence-electron chi connectivity index (χ0n) is 13.9. The van der Waals surface area contributed by atoms with Crippen molar-refractivity contribution in [2.24, 2.45) is 12.2 Å². The van der Waals surface area contributed by atoms with E-state index in [1.54, 1.807) is 11.6 Å². The second-order valence-corrected chi connectivity index (χ2v) is 7.47. The Morgan fingerprint density at radius 1 is 1.32 bits per heavy atom. The number of imidazole rings is 1. The van der Waals surface area contributed by atoms with E-state index in [0.29, 0.717) is 12.2 Å². The second-order valence-electron chi connectivity index (χ2n) is 5.90. The van der Waals surface area contributed by atoms with Crippen LogP contribution in [0.25, 0.3) is 5.65 Å². The fraction of sp³-hybridized carbons (Fsp3) is 0.250.